The number of hydrogen-bond donors (Lipinski definition) is 0. The van der Waals surface area contributed by atoms with Crippen LogP contribution in [0, 0.1) is 0 Å². The van der Waals surface area contributed by atoms with Crippen LogP contribution in [0.2, 0.25) is 0 Å². The van der Waals surface area contributed by atoms with Crippen LogP contribution < -0.4 is 0 Å². The van der Waals surface area contributed by atoms with Crippen LogP contribution >= 0.6 is 11.3 Å². The molecule has 0 amide bonds. The molecule has 12 aromatic rings. The lowest BCUT2D eigenvalue weighted by molar-refractivity contribution is 0.669. The first-order chi connectivity index (χ1) is 27.7. The van der Waals surface area contributed by atoms with Gasteiger partial charge in [-0.3, -0.25) is 0 Å². The Morgan fingerprint density at radius 1 is 0.339 bits per heavy atom. The molecule has 0 N–H and O–H groups in total. The average molecular weight is 732 g/mol. The highest BCUT2D eigenvalue weighted by Gasteiger charge is 2.20. The highest BCUT2D eigenvalue weighted by molar-refractivity contribution is 7.26. The second-order valence-corrected chi connectivity index (χ2v) is 15.4. The van der Waals surface area contributed by atoms with E-state index in [2.05, 4.69) is 158 Å². The SMILES string of the molecule is c1ccc(-c2nc(-c3ccc4oc5cc(-c6cccc7ccccc67)c6ccccc6c5c4c3)nc(-c3cccc4sc5cc6ccccc6cc5c34)n2)cc1. The predicted molar refractivity (Wildman–Crippen MR) is 234 cm³/mol. The summed E-state index contributed by atoms with van der Waals surface area (Å²) in [5.74, 6) is 1.90. The third kappa shape index (κ3) is 4.81. The fraction of sp³-hybridized carbons (Fsp3) is 0. The highest BCUT2D eigenvalue weighted by Crippen LogP contribution is 2.44. The van der Waals surface area contributed by atoms with Crippen LogP contribution in [0.4, 0.5) is 0 Å². The van der Waals surface area contributed by atoms with Gasteiger partial charge in [-0.1, -0.05) is 133 Å². The van der Waals surface area contributed by atoms with Crippen molar-refractivity contribution in [2.75, 3.05) is 0 Å². The Hall–Kier alpha value is -7.21. The lowest BCUT2D eigenvalue weighted by Gasteiger charge is -2.11. The summed E-state index contributed by atoms with van der Waals surface area (Å²) >= 11 is 1.81. The van der Waals surface area contributed by atoms with Gasteiger partial charge >= 0.3 is 0 Å². The second-order valence-electron chi connectivity index (χ2n) is 14.3. The monoisotopic (exact) mass is 731 g/mol. The van der Waals surface area contributed by atoms with E-state index in [1.807, 2.05) is 29.5 Å². The highest BCUT2D eigenvalue weighted by atomic mass is 32.1. The van der Waals surface area contributed by atoms with Gasteiger partial charge in [0.2, 0.25) is 0 Å². The van der Waals surface area contributed by atoms with Crippen molar-refractivity contribution in [3.63, 3.8) is 0 Å². The molecule has 0 atom stereocenters. The van der Waals surface area contributed by atoms with Gasteiger partial charge in [-0.2, -0.15) is 0 Å². The molecule has 0 radical (unpaired) electrons. The lowest BCUT2D eigenvalue weighted by Crippen LogP contribution is -2.00. The zero-order chi connectivity index (χ0) is 36.7. The molecule has 0 bridgehead atoms. The molecule has 0 spiro atoms. The molecule has 9 aromatic carbocycles. The van der Waals surface area contributed by atoms with Crippen molar-refractivity contribution in [3.05, 3.63) is 176 Å². The Morgan fingerprint density at radius 2 is 1.00 bits per heavy atom. The van der Waals surface area contributed by atoms with E-state index < -0.39 is 0 Å². The van der Waals surface area contributed by atoms with E-state index >= 15 is 0 Å². The summed E-state index contributed by atoms with van der Waals surface area (Å²) in [5, 5.41) is 11.7. The fourth-order valence-corrected chi connectivity index (χ4v) is 9.67. The van der Waals surface area contributed by atoms with E-state index in [4.69, 9.17) is 19.4 Å². The molecule has 0 unspecified atom stereocenters. The Kier molecular flexibility index (Phi) is 6.76. The summed E-state index contributed by atoms with van der Waals surface area (Å²) in [7, 11) is 0. The van der Waals surface area contributed by atoms with E-state index in [0.717, 1.165) is 49.6 Å². The number of benzene rings is 9. The van der Waals surface area contributed by atoms with Crippen LogP contribution in [0.15, 0.2) is 180 Å². The van der Waals surface area contributed by atoms with Crippen molar-refractivity contribution >= 4 is 85.8 Å². The van der Waals surface area contributed by atoms with Crippen molar-refractivity contribution in [2.45, 2.75) is 0 Å². The lowest BCUT2D eigenvalue weighted by atomic mass is 9.92. The van der Waals surface area contributed by atoms with Crippen LogP contribution in [0.5, 0.6) is 0 Å². The summed E-state index contributed by atoms with van der Waals surface area (Å²) < 4.78 is 9.12. The summed E-state index contributed by atoms with van der Waals surface area (Å²) in [6, 6.07) is 62.0. The van der Waals surface area contributed by atoms with E-state index in [-0.39, 0.29) is 0 Å². The second kappa shape index (κ2) is 12.2. The number of thiophene rings is 1. The molecule has 4 nitrogen and oxygen atoms in total. The number of hydrogen-bond acceptors (Lipinski definition) is 5. The van der Waals surface area contributed by atoms with Gasteiger partial charge < -0.3 is 4.42 Å². The number of furan rings is 1. The zero-order valence-electron chi connectivity index (χ0n) is 29.9. The summed E-state index contributed by atoms with van der Waals surface area (Å²) in [6.07, 6.45) is 0. The molecule has 56 heavy (non-hydrogen) atoms. The maximum atomic E-state index is 6.67. The Bertz CT molecular complexity index is 3540. The standard InChI is InChI=1S/C51H29N3OS/c1-2-13-31(14-3-1)49-52-50(54-51(53-49)39-22-11-23-45-48(39)42-26-32-15-4-5-16-33(32)28-46(42)56-45)34-24-25-43-41(27-34)47-38-20-9-8-19-37(38)40(29-44(47)55-43)36-21-10-17-30-12-6-7-18-35(30)36/h1-29H. The van der Waals surface area contributed by atoms with Crippen LogP contribution in [-0.2, 0) is 0 Å². The largest absolute Gasteiger partial charge is 0.456 e. The molecule has 0 saturated heterocycles. The van der Waals surface area contributed by atoms with Gasteiger partial charge in [0.1, 0.15) is 11.2 Å². The number of nitrogens with zero attached hydrogens (tertiary/aromatic N) is 3. The molecule has 0 fully saturated rings. The van der Waals surface area contributed by atoms with Crippen molar-refractivity contribution in [1.82, 2.24) is 15.0 Å². The minimum Gasteiger partial charge on any atom is -0.456 e. The van der Waals surface area contributed by atoms with Crippen LogP contribution in [0.25, 0.3) is 120 Å². The quantitative estimate of drug-likeness (QED) is 0.181. The first kappa shape index (κ1) is 31.2. The zero-order valence-corrected chi connectivity index (χ0v) is 30.7. The minimum atomic E-state index is 0.615. The molecule has 260 valence electrons. The maximum Gasteiger partial charge on any atom is 0.164 e. The minimum absolute atomic E-state index is 0.615. The van der Waals surface area contributed by atoms with Gasteiger partial charge in [-0.15, -0.1) is 11.3 Å². The van der Waals surface area contributed by atoms with Crippen molar-refractivity contribution in [3.8, 4) is 45.3 Å². The Morgan fingerprint density at radius 3 is 1.86 bits per heavy atom. The van der Waals surface area contributed by atoms with Gasteiger partial charge in [0.05, 0.1) is 0 Å². The third-order valence-electron chi connectivity index (χ3n) is 11.1. The molecule has 0 aliphatic rings. The number of aromatic nitrogens is 3. The van der Waals surface area contributed by atoms with E-state index in [0.29, 0.717) is 17.5 Å². The summed E-state index contributed by atoms with van der Waals surface area (Å²) in [6.45, 7) is 0. The number of fused-ring (bicyclic) bond motifs is 10. The molecule has 3 aromatic heterocycles. The van der Waals surface area contributed by atoms with Gasteiger partial charge in [0, 0.05) is 47.6 Å². The van der Waals surface area contributed by atoms with Crippen LogP contribution in [-0.4, -0.2) is 15.0 Å². The van der Waals surface area contributed by atoms with Crippen molar-refractivity contribution in [1.29, 1.82) is 0 Å². The Labute approximate surface area is 325 Å². The third-order valence-corrected chi connectivity index (χ3v) is 12.2. The molecule has 5 heteroatoms. The average Bonchev–Trinajstić information content (AvgIpc) is 3.82. The first-order valence-electron chi connectivity index (χ1n) is 18.8. The summed E-state index contributed by atoms with van der Waals surface area (Å²) in [5.41, 5.74) is 6.85. The fourth-order valence-electron chi connectivity index (χ4n) is 8.50. The molecule has 3 heterocycles. The van der Waals surface area contributed by atoms with E-state index in [1.165, 1.54) is 52.7 Å². The first-order valence-corrected chi connectivity index (χ1v) is 19.6. The van der Waals surface area contributed by atoms with Crippen molar-refractivity contribution < 1.29 is 4.42 Å². The van der Waals surface area contributed by atoms with Crippen molar-refractivity contribution in [2.24, 2.45) is 0 Å². The number of rotatable bonds is 4. The van der Waals surface area contributed by atoms with Gasteiger partial charge in [0.25, 0.3) is 0 Å². The van der Waals surface area contributed by atoms with Crippen LogP contribution in [0.1, 0.15) is 0 Å². The normalized spacial score (nSPS) is 11.9. The smallest absolute Gasteiger partial charge is 0.164 e. The Balaban J connectivity index is 1.08. The molecule has 12 rings (SSSR count). The molecule has 0 saturated carbocycles. The predicted octanol–water partition coefficient (Wildman–Crippen LogP) is 14.3. The molecular weight excluding hydrogens is 703 g/mol. The summed E-state index contributed by atoms with van der Waals surface area (Å²) in [4.78, 5) is 15.6. The topological polar surface area (TPSA) is 51.8 Å². The maximum absolute atomic E-state index is 6.67. The molecular formula is C51H29N3OS. The molecule has 0 aliphatic heterocycles. The van der Waals surface area contributed by atoms with E-state index in [9.17, 15) is 0 Å². The van der Waals surface area contributed by atoms with Gasteiger partial charge in [-0.25, -0.2) is 15.0 Å². The van der Waals surface area contributed by atoms with Gasteiger partial charge in [0.15, 0.2) is 17.5 Å². The van der Waals surface area contributed by atoms with Gasteiger partial charge in [-0.05, 0) is 85.9 Å². The van der Waals surface area contributed by atoms with E-state index in [1.54, 1.807) is 0 Å². The molecule has 0 aliphatic carbocycles. The van der Waals surface area contributed by atoms with Crippen LogP contribution in [0.3, 0.4) is 0 Å².